The molecule has 1 rings (SSSR count). The molecule has 0 aliphatic rings. The van der Waals surface area contributed by atoms with Gasteiger partial charge in [-0.1, -0.05) is 5.16 Å². The van der Waals surface area contributed by atoms with E-state index in [4.69, 9.17) is 17.3 Å². The number of carbonyl (C=O) groups is 1. The lowest BCUT2D eigenvalue weighted by Gasteiger charge is -1.95. The molecule has 0 spiro atoms. The molecule has 1 heterocycles. The van der Waals surface area contributed by atoms with Gasteiger partial charge >= 0.3 is 0 Å². The third kappa shape index (κ3) is 2.64. The van der Waals surface area contributed by atoms with Gasteiger partial charge in [0.15, 0.2) is 5.13 Å². The first-order valence-electron chi connectivity index (χ1n) is 3.64. The monoisotopic (exact) mass is 234 g/mol. The van der Waals surface area contributed by atoms with E-state index in [2.05, 4.69) is 19.4 Å². The van der Waals surface area contributed by atoms with E-state index in [1.807, 2.05) is 0 Å². The zero-order valence-electron chi connectivity index (χ0n) is 7.23. The third-order valence-corrected chi connectivity index (χ3v) is 1.85. The summed E-state index contributed by atoms with van der Waals surface area (Å²) in [4.78, 5) is 19.3. The van der Waals surface area contributed by atoms with E-state index in [-0.39, 0.29) is 16.7 Å². The molecule has 0 saturated carbocycles. The average Bonchev–Trinajstić information content (AvgIpc) is 2.52. The van der Waals surface area contributed by atoms with Gasteiger partial charge in [0.05, 0.1) is 0 Å². The van der Waals surface area contributed by atoms with Crippen LogP contribution >= 0.6 is 23.1 Å². The first kappa shape index (κ1) is 10.9. The second-order valence-electron chi connectivity index (χ2n) is 2.09. The Morgan fingerprint density at radius 1 is 1.79 bits per heavy atom. The Morgan fingerprint density at radius 3 is 2.93 bits per heavy atom. The molecule has 6 nitrogen and oxygen atoms in total. The predicted molar refractivity (Wildman–Crippen MR) is 53.3 cm³/mol. The van der Waals surface area contributed by atoms with Crippen molar-refractivity contribution < 1.29 is 9.63 Å². The van der Waals surface area contributed by atoms with E-state index in [0.29, 0.717) is 6.61 Å². The lowest BCUT2D eigenvalue weighted by atomic mass is 10.4. The van der Waals surface area contributed by atoms with Gasteiger partial charge in [0, 0.05) is 11.5 Å². The lowest BCUT2D eigenvalue weighted by molar-refractivity contribution is -0.106. The Labute approximate surface area is 88.9 Å². The molecule has 0 aromatic carbocycles. The fourth-order valence-electron chi connectivity index (χ4n) is 0.625. The largest absolute Gasteiger partial charge is 0.395 e. The van der Waals surface area contributed by atoms with Gasteiger partial charge in [-0.25, -0.2) is 0 Å². The smallest absolute Gasteiger partial charge is 0.278 e. The van der Waals surface area contributed by atoms with Gasteiger partial charge in [-0.3, -0.25) is 4.79 Å². The number of oxime groups is 1. The first-order valence-corrected chi connectivity index (χ1v) is 4.79. The minimum atomic E-state index is -0.781. The van der Waals surface area contributed by atoms with Crippen molar-refractivity contribution in [1.29, 1.82) is 0 Å². The fourth-order valence-corrected chi connectivity index (χ4v) is 1.18. The molecule has 0 aliphatic heterocycles. The van der Waals surface area contributed by atoms with Crippen molar-refractivity contribution in [3.63, 3.8) is 0 Å². The second-order valence-corrected chi connectivity index (χ2v) is 3.21. The van der Waals surface area contributed by atoms with Crippen LogP contribution < -0.4 is 5.73 Å². The summed E-state index contributed by atoms with van der Waals surface area (Å²) < 4.78 is 3.78. The molecule has 8 heteroatoms. The van der Waals surface area contributed by atoms with Crippen LogP contribution in [0.3, 0.4) is 0 Å². The highest BCUT2D eigenvalue weighted by molar-refractivity contribution is 7.09. The third-order valence-electron chi connectivity index (χ3n) is 1.12. The van der Waals surface area contributed by atoms with Crippen molar-refractivity contribution in [2.45, 2.75) is 6.92 Å². The van der Waals surface area contributed by atoms with Gasteiger partial charge in [0.25, 0.3) is 5.24 Å². The van der Waals surface area contributed by atoms with E-state index in [0.717, 1.165) is 11.5 Å². The van der Waals surface area contributed by atoms with Crippen molar-refractivity contribution >= 4 is 39.2 Å². The summed E-state index contributed by atoms with van der Waals surface area (Å²) in [5.74, 6) is 0.0842. The first-order chi connectivity index (χ1) is 6.65. The number of carbonyl (C=O) groups excluding carboxylic acids is 1. The van der Waals surface area contributed by atoms with Gasteiger partial charge in [-0.15, -0.1) is 0 Å². The Kier molecular flexibility index (Phi) is 3.78. The Morgan fingerprint density at radius 2 is 2.50 bits per heavy atom. The molecule has 2 N–H and O–H groups in total. The molecule has 1 aromatic rings. The zero-order valence-corrected chi connectivity index (χ0v) is 8.80. The average molecular weight is 235 g/mol. The summed E-state index contributed by atoms with van der Waals surface area (Å²) in [7, 11) is 0. The van der Waals surface area contributed by atoms with Gasteiger partial charge in [-0.05, 0) is 18.5 Å². The number of rotatable bonds is 4. The highest BCUT2D eigenvalue weighted by Gasteiger charge is 2.17. The fraction of sp³-hybridized carbons (Fsp3) is 0.333. The van der Waals surface area contributed by atoms with Crippen LogP contribution in [0.1, 0.15) is 12.7 Å². The van der Waals surface area contributed by atoms with Crippen molar-refractivity contribution in [2.75, 3.05) is 12.3 Å². The van der Waals surface area contributed by atoms with Crippen LogP contribution in [0.15, 0.2) is 5.16 Å². The Balaban J connectivity index is 2.94. The summed E-state index contributed by atoms with van der Waals surface area (Å²) >= 11 is 6.21. The lowest BCUT2D eigenvalue weighted by Crippen LogP contribution is -2.12. The van der Waals surface area contributed by atoms with E-state index < -0.39 is 5.24 Å². The standard InChI is InChI=1S/C6H7ClN4O2S/c1-2-13-10-3(4(7)12)5-9-6(8)14-11-5/h2H2,1H3,(H2,8,9,11)/b10-3+. The number of anilines is 1. The summed E-state index contributed by atoms with van der Waals surface area (Å²) in [6.45, 7) is 2.05. The van der Waals surface area contributed by atoms with Crippen molar-refractivity contribution in [3.8, 4) is 0 Å². The minimum absolute atomic E-state index is 0.0842. The summed E-state index contributed by atoms with van der Waals surface area (Å²) in [5.41, 5.74) is 5.20. The molecule has 76 valence electrons. The molecule has 1 aromatic heterocycles. The van der Waals surface area contributed by atoms with E-state index >= 15 is 0 Å². The number of halogens is 1. The van der Waals surface area contributed by atoms with Gasteiger partial charge < -0.3 is 10.6 Å². The topological polar surface area (TPSA) is 90.5 Å². The summed E-state index contributed by atoms with van der Waals surface area (Å²) in [5, 5.41) is 2.94. The van der Waals surface area contributed by atoms with Crippen molar-refractivity contribution in [3.05, 3.63) is 5.82 Å². The van der Waals surface area contributed by atoms with E-state index in [9.17, 15) is 4.79 Å². The molecule has 0 fully saturated rings. The number of nitrogens with zero attached hydrogens (tertiary/aromatic N) is 3. The van der Waals surface area contributed by atoms with Crippen molar-refractivity contribution in [2.24, 2.45) is 5.16 Å². The molecule has 0 bridgehead atoms. The molecule has 14 heavy (non-hydrogen) atoms. The Bertz CT molecular complexity index is 364. The SMILES string of the molecule is CCO/N=C(\C(=O)Cl)c1nsc(N)n1. The van der Waals surface area contributed by atoms with Gasteiger partial charge in [-0.2, -0.15) is 9.36 Å². The van der Waals surface area contributed by atoms with Crippen LogP contribution in [0.25, 0.3) is 0 Å². The van der Waals surface area contributed by atoms with Crippen LogP contribution in [0, 0.1) is 0 Å². The van der Waals surface area contributed by atoms with E-state index in [1.165, 1.54) is 0 Å². The molecule has 0 radical (unpaired) electrons. The van der Waals surface area contributed by atoms with Crippen LogP contribution in [-0.4, -0.2) is 26.9 Å². The maximum atomic E-state index is 10.9. The second kappa shape index (κ2) is 4.87. The van der Waals surface area contributed by atoms with Crippen LogP contribution in [0.5, 0.6) is 0 Å². The van der Waals surface area contributed by atoms with Crippen LogP contribution in [-0.2, 0) is 9.63 Å². The molecule has 0 amide bonds. The maximum Gasteiger partial charge on any atom is 0.278 e. The highest BCUT2D eigenvalue weighted by Crippen LogP contribution is 2.08. The Hall–Kier alpha value is -1.21. The highest BCUT2D eigenvalue weighted by atomic mass is 35.5. The number of hydrogen-bond donors (Lipinski definition) is 1. The van der Waals surface area contributed by atoms with Crippen molar-refractivity contribution in [1.82, 2.24) is 9.36 Å². The quantitative estimate of drug-likeness (QED) is 0.469. The maximum absolute atomic E-state index is 10.9. The molecule has 0 saturated heterocycles. The number of aromatic nitrogens is 2. The predicted octanol–water partition coefficient (Wildman–Crippen LogP) is 0.626. The molecule has 0 atom stereocenters. The number of nitrogens with two attached hydrogens (primary N) is 1. The molecular weight excluding hydrogens is 228 g/mol. The molecular formula is C6H7ClN4O2S. The summed E-state index contributed by atoms with van der Waals surface area (Å²) in [6.07, 6.45) is 0. The normalized spacial score (nSPS) is 11.4. The number of nitrogen functional groups attached to an aromatic ring is 1. The number of hydrogen-bond acceptors (Lipinski definition) is 7. The van der Waals surface area contributed by atoms with E-state index in [1.54, 1.807) is 6.92 Å². The van der Waals surface area contributed by atoms with Gasteiger partial charge in [0.1, 0.15) is 6.61 Å². The van der Waals surface area contributed by atoms with Gasteiger partial charge in [0.2, 0.25) is 11.5 Å². The van der Waals surface area contributed by atoms with Crippen LogP contribution in [0.4, 0.5) is 5.13 Å². The minimum Gasteiger partial charge on any atom is -0.395 e. The molecule has 0 aliphatic carbocycles. The summed E-state index contributed by atoms with van der Waals surface area (Å²) in [6, 6.07) is 0. The zero-order chi connectivity index (χ0) is 10.6. The molecule has 0 unspecified atom stereocenters. The van der Waals surface area contributed by atoms with Crippen LogP contribution in [0.2, 0.25) is 0 Å².